The smallest absolute Gasteiger partial charge is 0.121 e. The molecule has 3 heteroatoms. The molecule has 0 aliphatic rings. The molecule has 82 valence electrons. The van der Waals surface area contributed by atoms with Crippen molar-refractivity contribution in [1.29, 1.82) is 0 Å². The van der Waals surface area contributed by atoms with Crippen LogP contribution in [0.25, 0.3) is 0 Å². The molecule has 16 heavy (non-hydrogen) atoms. The average molecular weight is 214 g/mol. The van der Waals surface area contributed by atoms with Crippen molar-refractivity contribution in [2.24, 2.45) is 4.99 Å². The summed E-state index contributed by atoms with van der Waals surface area (Å²) in [5, 5.41) is 0. The predicted octanol–water partition coefficient (Wildman–Crippen LogP) is 3.16. The van der Waals surface area contributed by atoms with E-state index in [1.807, 2.05) is 49.5 Å². The Labute approximate surface area is 94.8 Å². The summed E-state index contributed by atoms with van der Waals surface area (Å²) in [6, 6.07) is 11.6. The van der Waals surface area contributed by atoms with E-state index in [-0.39, 0.29) is 0 Å². The zero-order valence-corrected chi connectivity index (χ0v) is 9.18. The fourth-order valence-corrected chi connectivity index (χ4v) is 1.39. The maximum Gasteiger partial charge on any atom is 0.121 e. The first-order valence-corrected chi connectivity index (χ1v) is 5.29. The minimum Gasteiger partial charge on any atom is -0.494 e. The second-order valence-electron chi connectivity index (χ2n) is 3.31. The van der Waals surface area contributed by atoms with Crippen LogP contribution in [0.5, 0.6) is 5.75 Å². The number of nitrogens with zero attached hydrogens (tertiary/aromatic N) is 1. The first-order chi connectivity index (χ1) is 7.88. The Kier molecular flexibility index (Phi) is 3.38. The number of aromatic amines is 1. The fourth-order valence-electron chi connectivity index (χ4n) is 1.39. The molecule has 1 N–H and O–H groups in total. The van der Waals surface area contributed by atoms with Gasteiger partial charge in [0.15, 0.2) is 0 Å². The number of aliphatic imine (C=N–C) groups is 1. The lowest BCUT2D eigenvalue weighted by atomic mass is 10.3. The van der Waals surface area contributed by atoms with Gasteiger partial charge in [-0.3, -0.25) is 4.99 Å². The van der Waals surface area contributed by atoms with Crippen LogP contribution in [0.2, 0.25) is 0 Å². The van der Waals surface area contributed by atoms with E-state index in [2.05, 4.69) is 9.98 Å². The lowest BCUT2D eigenvalue weighted by Crippen LogP contribution is -1.90. The fraction of sp³-hybridized carbons (Fsp3) is 0.154. The molecule has 3 nitrogen and oxygen atoms in total. The van der Waals surface area contributed by atoms with Crippen LogP contribution >= 0.6 is 0 Å². The molecule has 0 spiro atoms. The number of hydrogen-bond donors (Lipinski definition) is 1. The highest BCUT2D eigenvalue weighted by Crippen LogP contribution is 2.19. The quantitative estimate of drug-likeness (QED) is 0.780. The van der Waals surface area contributed by atoms with Crippen LogP contribution in [-0.4, -0.2) is 17.8 Å². The van der Waals surface area contributed by atoms with Gasteiger partial charge in [-0.2, -0.15) is 0 Å². The molecule has 0 amide bonds. The van der Waals surface area contributed by atoms with Crippen molar-refractivity contribution < 1.29 is 4.74 Å². The second kappa shape index (κ2) is 5.16. The van der Waals surface area contributed by atoms with Crippen molar-refractivity contribution in [1.82, 2.24) is 4.98 Å². The summed E-state index contributed by atoms with van der Waals surface area (Å²) in [5.41, 5.74) is 1.88. The zero-order chi connectivity index (χ0) is 11.2. The average Bonchev–Trinajstić information content (AvgIpc) is 2.80. The molecule has 0 fully saturated rings. The van der Waals surface area contributed by atoms with Crippen LogP contribution < -0.4 is 4.74 Å². The van der Waals surface area contributed by atoms with Gasteiger partial charge in [0, 0.05) is 12.3 Å². The molecule has 0 aliphatic carbocycles. The highest BCUT2D eigenvalue weighted by Gasteiger charge is 1.93. The molecule has 0 aliphatic heterocycles. The van der Waals surface area contributed by atoms with Crippen LogP contribution in [0, 0.1) is 0 Å². The van der Waals surface area contributed by atoms with E-state index in [1.54, 1.807) is 6.21 Å². The Morgan fingerprint density at radius 3 is 3.00 bits per heavy atom. The van der Waals surface area contributed by atoms with Crippen molar-refractivity contribution in [3.05, 3.63) is 48.3 Å². The van der Waals surface area contributed by atoms with E-state index in [9.17, 15) is 0 Å². The molecule has 0 unspecified atom stereocenters. The lowest BCUT2D eigenvalue weighted by molar-refractivity contribution is 0.340. The maximum absolute atomic E-state index is 5.40. The molecule has 0 radical (unpaired) electrons. The number of nitrogens with one attached hydrogen (secondary N) is 1. The number of rotatable bonds is 4. The van der Waals surface area contributed by atoms with Gasteiger partial charge < -0.3 is 9.72 Å². The molecule has 2 aromatic rings. The summed E-state index contributed by atoms with van der Waals surface area (Å²) in [6.45, 7) is 2.64. The molecule has 0 saturated heterocycles. The first-order valence-electron chi connectivity index (χ1n) is 5.29. The van der Waals surface area contributed by atoms with Crippen molar-refractivity contribution in [3.8, 4) is 5.75 Å². The zero-order valence-electron chi connectivity index (χ0n) is 9.18. The van der Waals surface area contributed by atoms with E-state index >= 15 is 0 Å². The minimum absolute atomic E-state index is 0.670. The van der Waals surface area contributed by atoms with E-state index in [0.717, 1.165) is 17.1 Å². The summed E-state index contributed by atoms with van der Waals surface area (Å²) in [7, 11) is 0. The molecule has 2 rings (SSSR count). The summed E-state index contributed by atoms with van der Waals surface area (Å²) in [6.07, 6.45) is 3.67. The van der Waals surface area contributed by atoms with Crippen LogP contribution in [0.4, 0.5) is 5.69 Å². The Hall–Kier alpha value is -2.03. The van der Waals surface area contributed by atoms with Gasteiger partial charge in [-0.1, -0.05) is 6.07 Å². The monoisotopic (exact) mass is 214 g/mol. The van der Waals surface area contributed by atoms with Gasteiger partial charge in [-0.15, -0.1) is 0 Å². The molecule has 1 heterocycles. The van der Waals surface area contributed by atoms with Gasteiger partial charge in [0.05, 0.1) is 24.2 Å². The minimum atomic E-state index is 0.670. The molecule has 0 bridgehead atoms. The summed E-state index contributed by atoms with van der Waals surface area (Å²) >= 11 is 0. The highest BCUT2D eigenvalue weighted by atomic mass is 16.5. The normalized spacial score (nSPS) is 10.8. The van der Waals surface area contributed by atoms with Gasteiger partial charge in [-0.25, -0.2) is 0 Å². The van der Waals surface area contributed by atoms with E-state index in [1.165, 1.54) is 0 Å². The number of ether oxygens (including phenoxy) is 1. The highest BCUT2D eigenvalue weighted by molar-refractivity contribution is 5.79. The predicted molar refractivity (Wildman–Crippen MR) is 65.7 cm³/mol. The number of H-pyrrole nitrogens is 1. The largest absolute Gasteiger partial charge is 0.494 e. The second-order valence-corrected chi connectivity index (χ2v) is 3.31. The SMILES string of the molecule is CCOc1cccc(N=Cc2ccc[nH]2)c1. The van der Waals surface area contributed by atoms with Crippen molar-refractivity contribution in [2.45, 2.75) is 6.92 Å². The molecular formula is C13H14N2O. The van der Waals surface area contributed by atoms with Crippen LogP contribution in [0.1, 0.15) is 12.6 Å². The molecule has 1 aromatic carbocycles. The van der Waals surface area contributed by atoms with E-state index in [0.29, 0.717) is 6.61 Å². The van der Waals surface area contributed by atoms with Crippen LogP contribution in [0.15, 0.2) is 47.6 Å². The van der Waals surface area contributed by atoms with Gasteiger partial charge in [-0.05, 0) is 31.2 Å². The first kappa shape index (κ1) is 10.5. The third-order valence-corrected chi connectivity index (χ3v) is 2.10. The summed E-state index contributed by atoms with van der Waals surface area (Å²) < 4.78 is 5.40. The number of hydrogen-bond acceptors (Lipinski definition) is 2. The van der Waals surface area contributed by atoms with Gasteiger partial charge >= 0.3 is 0 Å². The topological polar surface area (TPSA) is 37.4 Å². The molecule has 0 saturated carbocycles. The Bertz CT molecular complexity index is 461. The Morgan fingerprint density at radius 2 is 2.25 bits per heavy atom. The third-order valence-electron chi connectivity index (χ3n) is 2.10. The maximum atomic E-state index is 5.40. The summed E-state index contributed by atoms with van der Waals surface area (Å²) in [4.78, 5) is 7.42. The Balaban J connectivity index is 2.12. The van der Waals surface area contributed by atoms with Gasteiger partial charge in [0.25, 0.3) is 0 Å². The van der Waals surface area contributed by atoms with Gasteiger partial charge in [0.2, 0.25) is 0 Å². The van der Waals surface area contributed by atoms with Crippen LogP contribution in [-0.2, 0) is 0 Å². The standard InChI is InChI=1S/C13H14N2O/c1-2-16-13-7-3-5-11(9-13)15-10-12-6-4-8-14-12/h3-10,14H,2H2,1H3. The van der Waals surface area contributed by atoms with Crippen molar-refractivity contribution in [2.75, 3.05) is 6.61 Å². The Morgan fingerprint density at radius 1 is 1.31 bits per heavy atom. The molecule has 1 aromatic heterocycles. The number of benzene rings is 1. The van der Waals surface area contributed by atoms with E-state index < -0.39 is 0 Å². The van der Waals surface area contributed by atoms with E-state index in [4.69, 9.17) is 4.74 Å². The van der Waals surface area contributed by atoms with Crippen molar-refractivity contribution >= 4 is 11.9 Å². The lowest BCUT2D eigenvalue weighted by Gasteiger charge is -2.02. The van der Waals surface area contributed by atoms with Crippen LogP contribution in [0.3, 0.4) is 0 Å². The molecular weight excluding hydrogens is 200 g/mol. The van der Waals surface area contributed by atoms with Gasteiger partial charge in [0.1, 0.15) is 5.75 Å². The third kappa shape index (κ3) is 2.73. The molecule has 0 atom stereocenters. The summed E-state index contributed by atoms with van der Waals surface area (Å²) in [5.74, 6) is 0.851. The number of aromatic nitrogens is 1. The van der Waals surface area contributed by atoms with Crippen molar-refractivity contribution in [3.63, 3.8) is 0 Å².